The lowest BCUT2D eigenvalue weighted by Gasteiger charge is -2.15. The van der Waals surface area contributed by atoms with Gasteiger partial charge < -0.3 is 4.57 Å². The topological polar surface area (TPSA) is 4.93 Å². The van der Waals surface area contributed by atoms with Crippen molar-refractivity contribution in [2.24, 2.45) is 7.05 Å². The van der Waals surface area contributed by atoms with E-state index in [4.69, 9.17) is 12.2 Å². The highest BCUT2D eigenvalue weighted by Gasteiger charge is 2.06. The minimum Gasteiger partial charge on any atom is -0.344 e. The van der Waals surface area contributed by atoms with Gasteiger partial charge >= 0.3 is 0 Å². The third-order valence-corrected chi connectivity index (χ3v) is 3.66. The van der Waals surface area contributed by atoms with Crippen LogP contribution in [0.25, 0.3) is 22.5 Å². The van der Waals surface area contributed by atoms with Crippen LogP contribution in [-0.2, 0) is 7.05 Å². The van der Waals surface area contributed by atoms with E-state index in [0.717, 1.165) is 15.9 Å². The molecular weight excluding hydrogens is 262 g/mol. The third kappa shape index (κ3) is 2.43. The van der Waals surface area contributed by atoms with Gasteiger partial charge in [0, 0.05) is 22.9 Å². The summed E-state index contributed by atoms with van der Waals surface area (Å²) in [6.45, 7) is 0. The van der Waals surface area contributed by atoms with Gasteiger partial charge in [-0.3, -0.25) is 0 Å². The van der Waals surface area contributed by atoms with Crippen LogP contribution < -0.4 is 0 Å². The molecule has 0 bridgehead atoms. The molecule has 98 valence electrons. The Morgan fingerprint density at radius 2 is 1.10 bits per heavy atom. The van der Waals surface area contributed by atoms with E-state index >= 15 is 0 Å². The number of nitrogens with zero attached hydrogens (tertiary/aromatic N) is 1. The van der Waals surface area contributed by atoms with Crippen molar-refractivity contribution in [2.45, 2.75) is 0 Å². The second-order valence-electron chi connectivity index (χ2n) is 4.75. The zero-order valence-electron chi connectivity index (χ0n) is 11.3. The Morgan fingerprint density at radius 3 is 1.50 bits per heavy atom. The van der Waals surface area contributed by atoms with Crippen molar-refractivity contribution in [3.05, 3.63) is 77.3 Å². The second kappa shape index (κ2) is 5.43. The number of pyridine rings is 1. The average Bonchev–Trinajstić information content (AvgIpc) is 2.51. The van der Waals surface area contributed by atoms with E-state index < -0.39 is 0 Å². The van der Waals surface area contributed by atoms with Crippen molar-refractivity contribution >= 4 is 12.2 Å². The van der Waals surface area contributed by atoms with Gasteiger partial charge in [0.1, 0.15) is 0 Å². The van der Waals surface area contributed by atoms with Crippen LogP contribution in [-0.4, -0.2) is 4.57 Å². The molecule has 3 rings (SSSR count). The van der Waals surface area contributed by atoms with Gasteiger partial charge in [0.15, 0.2) is 0 Å². The van der Waals surface area contributed by atoms with Crippen LogP contribution in [0.1, 0.15) is 0 Å². The first-order chi connectivity index (χ1) is 9.75. The van der Waals surface area contributed by atoms with E-state index in [1.54, 1.807) is 0 Å². The molecule has 0 atom stereocenters. The quantitative estimate of drug-likeness (QED) is 0.591. The summed E-state index contributed by atoms with van der Waals surface area (Å²) < 4.78 is 3.06. The Morgan fingerprint density at radius 1 is 0.700 bits per heavy atom. The van der Waals surface area contributed by atoms with Gasteiger partial charge in [0.25, 0.3) is 0 Å². The first kappa shape index (κ1) is 12.8. The molecule has 20 heavy (non-hydrogen) atoms. The van der Waals surface area contributed by atoms with Gasteiger partial charge in [0.05, 0.1) is 0 Å². The van der Waals surface area contributed by atoms with Crippen molar-refractivity contribution in [3.63, 3.8) is 0 Å². The highest BCUT2D eigenvalue weighted by atomic mass is 32.1. The molecule has 0 aliphatic heterocycles. The Kier molecular flexibility index (Phi) is 3.48. The van der Waals surface area contributed by atoms with Crippen LogP contribution in [0.2, 0.25) is 0 Å². The van der Waals surface area contributed by atoms with Crippen LogP contribution in [0.4, 0.5) is 0 Å². The largest absolute Gasteiger partial charge is 0.344 e. The van der Waals surface area contributed by atoms with Gasteiger partial charge in [-0.05, 0) is 23.3 Å². The fourth-order valence-corrected chi connectivity index (χ4v) is 2.63. The summed E-state index contributed by atoms with van der Waals surface area (Å²) >= 11 is 5.43. The van der Waals surface area contributed by atoms with Gasteiger partial charge in [-0.15, -0.1) is 0 Å². The van der Waals surface area contributed by atoms with Crippen molar-refractivity contribution < 1.29 is 0 Å². The third-order valence-electron chi connectivity index (χ3n) is 3.42. The van der Waals surface area contributed by atoms with E-state index in [-0.39, 0.29) is 0 Å². The summed E-state index contributed by atoms with van der Waals surface area (Å²) in [5, 5.41) is 0. The van der Waals surface area contributed by atoms with E-state index in [9.17, 15) is 0 Å². The zero-order valence-corrected chi connectivity index (χ0v) is 12.1. The van der Waals surface area contributed by atoms with E-state index in [2.05, 4.69) is 48.0 Å². The molecule has 0 aliphatic carbocycles. The summed E-state index contributed by atoms with van der Waals surface area (Å²) in [5.74, 6) is 0. The van der Waals surface area contributed by atoms with Crippen molar-refractivity contribution in [2.75, 3.05) is 0 Å². The first-order valence-corrected chi connectivity index (χ1v) is 6.98. The summed E-state index contributed by atoms with van der Waals surface area (Å²) in [7, 11) is 2.08. The van der Waals surface area contributed by atoms with Crippen molar-refractivity contribution in [3.8, 4) is 22.5 Å². The SMILES string of the molecule is Cn1c(-c2ccccc2)cc(=S)cc1-c1ccccc1. The van der Waals surface area contributed by atoms with E-state index in [1.165, 1.54) is 11.1 Å². The van der Waals surface area contributed by atoms with Crippen LogP contribution in [0.5, 0.6) is 0 Å². The molecule has 0 fully saturated rings. The molecule has 0 aliphatic rings. The maximum atomic E-state index is 5.43. The number of benzene rings is 2. The van der Waals surface area contributed by atoms with E-state index in [0.29, 0.717) is 0 Å². The molecule has 0 unspecified atom stereocenters. The summed E-state index contributed by atoms with van der Waals surface area (Å²) in [6, 6.07) is 24.8. The predicted octanol–water partition coefficient (Wildman–Crippen LogP) is 5.09. The Bertz CT molecular complexity index is 710. The minimum absolute atomic E-state index is 0.862. The second-order valence-corrected chi connectivity index (χ2v) is 5.22. The van der Waals surface area contributed by atoms with Gasteiger partial charge in [0.2, 0.25) is 0 Å². The molecule has 1 nitrogen and oxygen atoms in total. The van der Waals surface area contributed by atoms with Crippen molar-refractivity contribution in [1.29, 1.82) is 0 Å². The first-order valence-electron chi connectivity index (χ1n) is 6.57. The molecule has 0 saturated heterocycles. The fraction of sp³-hybridized carbons (Fsp3) is 0.0556. The lowest BCUT2D eigenvalue weighted by Crippen LogP contribution is -2.01. The maximum absolute atomic E-state index is 5.43. The van der Waals surface area contributed by atoms with Crippen molar-refractivity contribution in [1.82, 2.24) is 4.57 Å². The smallest absolute Gasteiger partial charge is 0.0496 e. The number of hydrogen-bond donors (Lipinski definition) is 0. The standard InChI is InChI=1S/C18H15NS/c1-19-17(14-8-4-2-5-9-14)12-16(20)13-18(19)15-10-6-3-7-11-15/h2-13H,1H3. The molecule has 0 N–H and O–H groups in total. The number of aromatic nitrogens is 1. The number of hydrogen-bond acceptors (Lipinski definition) is 1. The Hall–Kier alpha value is -2.19. The molecule has 0 spiro atoms. The summed E-state index contributed by atoms with van der Waals surface area (Å²) in [4.78, 5) is 0. The van der Waals surface area contributed by atoms with Gasteiger partial charge in [-0.1, -0.05) is 72.9 Å². The molecule has 2 heteroatoms. The molecule has 0 radical (unpaired) electrons. The van der Waals surface area contributed by atoms with Gasteiger partial charge in [-0.25, -0.2) is 0 Å². The predicted molar refractivity (Wildman–Crippen MR) is 87.1 cm³/mol. The minimum atomic E-state index is 0.862. The van der Waals surface area contributed by atoms with Crippen LogP contribution in [0.15, 0.2) is 72.8 Å². The molecular formula is C18H15NS. The van der Waals surface area contributed by atoms with Crippen LogP contribution in [0, 0.1) is 4.51 Å². The molecule has 1 aromatic heterocycles. The summed E-state index contributed by atoms with van der Waals surface area (Å²) in [6.07, 6.45) is 0. The maximum Gasteiger partial charge on any atom is 0.0496 e. The molecule has 1 heterocycles. The zero-order chi connectivity index (χ0) is 13.9. The van der Waals surface area contributed by atoms with Crippen LogP contribution in [0.3, 0.4) is 0 Å². The Labute approximate surface area is 124 Å². The molecule has 2 aromatic carbocycles. The molecule has 0 amide bonds. The highest BCUT2D eigenvalue weighted by Crippen LogP contribution is 2.26. The average molecular weight is 277 g/mol. The van der Waals surface area contributed by atoms with E-state index in [1.807, 2.05) is 36.4 Å². The molecule has 0 saturated carbocycles. The lowest BCUT2D eigenvalue weighted by molar-refractivity contribution is 0.923. The van der Waals surface area contributed by atoms with Crippen LogP contribution >= 0.6 is 12.2 Å². The fourth-order valence-electron chi connectivity index (χ4n) is 2.41. The summed E-state index contributed by atoms with van der Waals surface area (Å²) in [5.41, 5.74) is 4.63. The highest BCUT2D eigenvalue weighted by molar-refractivity contribution is 7.71. The Balaban J connectivity index is 2.24. The monoisotopic (exact) mass is 277 g/mol. The number of rotatable bonds is 2. The molecule has 3 aromatic rings. The normalized spacial score (nSPS) is 10.4. The van der Waals surface area contributed by atoms with Gasteiger partial charge in [-0.2, -0.15) is 0 Å². The lowest BCUT2D eigenvalue weighted by atomic mass is 10.1.